The number of methoxy groups -OCH3 is 2. The predicted octanol–water partition coefficient (Wildman–Crippen LogP) is 3.41. The maximum Gasteiger partial charge on any atom is 0.324 e. The van der Waals surface area contributed by atoms with Gasteiger partial charge in [0.15, 0.2) is 0 Å². The van der Waals surface area contributed by atoms with Crippen molar-refractivity contribution in [2.45, 2.75) is 86.9 Å². The molecule has 2 aromatic rings. The first kappa shape index (κ1) is 41.4. The predicted molar refractivity (Wildman–Crippen MR) is 184 cm³/mol. The first-order chi connectivity index (χ1) is 24.0. The van der Waals surface area contributed by atoms with Gasteiger partial charge in [0.25, 0.3) is 0 Å². The van der Waals surface area contributed by atoms with Gasteiger partial charge in [0.1, 0.15) is 12.1 Å². The Bertz CT molecular complexity index is 1800. The first-order valence-electron chi connectivity index (χ1n) is 16.2. The Morgan fingerprint density at radius 1 is 0.784 bits per heavy atom. The van der Waals surface area contributed by atoms with Crippen molar-refractivity contribution in [2.24, 2.45) is 17.0 Å². The lowest BCUT2D eigenvalue weighted by Gasteiger charge is -2.22. The molecule has 0 unspecified atom stereocenters. The van der Waals surface area contributed by atoms with Gasteiger partial charge < -0.3 is 19.7 Å². The molecule has 3 aliphatic rings. The minimum atomic E-state index is -3.86. The number of aryl methyl sites for hydroxylation is 2. The molecule has 280 valence electrons. The lowest BCUT2D eigenvalue weighted by Crippen LogP contribution is -2.41. The third-order valence-corrected chi connectivity index (χ3v) is 12.6. The molecule has 1 saturated carbocycles. The number of carbonyl (C=O) groups excluding carboxylic acids is 2. The highest BCUT2D eigenvalue weighted by atomic mass is 32.2. The molecule has 0 radical (unpaired) electrons. The zero-order valence-electron chi connectivity index (χ0n) is 29.2. The summed E-state index contributed by atoms with van der Waals surface area (Å²) in [7, 11) is -5.05. The van der Waals surface area contributed by atoms with E-state index >= 15 is 0 Å². The number of carboxylic acid groups (broad SMARTS) is 1. The van der Waals surface area contributed by atoms with Crippen LogP contribution in [0.3, 0.4) is 0 Å². The molecule has 6 atom stereocenters. The average molecular weight is 752 g/mol. The lowest BCUT2D eigenvalue weighted by atomic mass is 10.1. The first-order valence-corrected chi connectivity index (χ1v) is 19.1. The maximum atomic E-state index is 12.7. The number of azide groups is 1. The molecule has 18 heteroatoms. The van der Waals surface area contributed by atoms with E-state index in [4.69, 9.17) is 20.5 Å². The molecule has 5 rings (SSSR count). The van der Waals surface area contributed by atoms with Gasteiger partial charge in [0.2, 0.25) is 20.0 Å². The molecule has 2 heterocycles. The van der Waals surface area contributed by atoms with Gasteiger partial charge >= 0.3 is 17.9 Å². The van der Waals surface area contributed by atoms with Crippen LogP contribution in [-0.2, 0) is 43.9 Å². The van der Waals surface area contributed by atoms with Crippen LogP contribution in [0, 0.1) is 25.7 Å². The molecule has 0 aromatic heterocycles. The number of hydrogen-bond donors (Lipinski definition) is 2. The molecule has 16 nitrogen and oxygen atoms in total. The Kier molecular flexibility index (Phi) is 14.5. The fourth-order valence-electron chi connectivity index (χ4n) is 6.05. The number of esters is 2. The molecule has 2 saturated heterocycles. The van der Waals surface area contributed by atoms with Crippen LogP contribution in [-0.4, -0.2) is 105 Å². The van der Waals surface area contributed by atoms with Crippen molar-refractivity contribution in [3.05, 3.63) is 70.1 Å². The molecular weight excluding hydrogens is 707 g/mol. The Morgan fingerprint density at radius 2 is 1.24 bits per heavy atom. The van der Waals surface area contributed by atoms with E-state index in [1.54, 1.807) is 36.4 Å². The Morgan fingerprint density at radius 3 is 1.61 bits per heavy atom. The molecule has 2 aliphatic heterocycles. The Balaban J connectivity index is 0.000000223. The second-order valence-electron chi connectivity index (χ2n) is 12.8. The SMILES string of the molecule is COC(=O)[C@@H]1C[C@@H](N=[N+]=[N-])CN1S(=O)(=O)c1ccc(C)cc1.COC(=O)[C@@H]1C[C@H](C)CN1S(=O)(=O)c1ccc(C)cc1.O=C(O)[C@H]1CC[C@@H](O)C1. The Labute approximate surface area is 298 Å². The van der Waals surface area contributed by atoms with Gasteiger partial charge in [-0.15, -0.1) is 0 Å². The van der Waals surface area contributed by atoms with E-state index in [2.05, 4.69) is 14.8 Å². The van der Waals surface area contributed by atoms with E-state index in [-0.39, 0.29) is 40.7 Å². The number of benzene rings is 2. The second-order valence-corrected chi connectivity index (χ2v) is 16.6. The second kappa shape index (κ2) is 17.9. The number of carbonyl (C=O) groups is 3. The molecule has 0 spiro atoms. The van der Waals surface area contributed by atoms with Gasteiger partial charge in [-0.1, -0.05) is 47.4 Å². The van der Waals surface area contributed by atoms with Crippen molar-refractivity contribution in [2.75, 3.05) is 27.3 Å². The molecule has 1 aliphatic carbocycles. The summed E-state index contributed by atoms with van der Waals surface area (Å²) >= 11 is 0. The number of rotatable bonds is 8. The monoisotopic (exact) mass is 751 g/mol. The fraction of sp³-hybridized carbons (Fsp3) is 0.545. The van der Waals surface area contributed by atoms with Gasteiger partial charge in [-0.25, -0.2) is 16.8 Å². The van der Waals surface area contributed by atoms with Crippen LogP contribution >= 0.6 is 0 Å². The van der Waals surface area contributed by atoms with E-state index < -0.39 is 56.1 Å². The molecule has 2 aromatic carbocycles. The normalized spacial score (nSPS) is 25.0. The van der Waals surface area contributed by atoms with E-state index in [0.29, 0.717) is 32.2 Å². The average Bonchev–Trinajstić information content (AvgIpc) is 3.84. The van der Waals surface area contributed by atoms with Crippen LogP contribution in [0.1, 0.15) is 50.2 Å². The fourth-order valence-corrected chi connectivity index (χ4v) is 9.39. The number of aliphatic carboxylic acids is 1. The lowest BCUT2D eigenvalue weighted by molar-refractivity contribution is -0.145. The molecular formula is C33H45N5O11S2. The van der Waals surface area contributed by atoms with Crippen LogP contribution in [0.15, 0.2) is 63.4 Å². The van der Waals surface area contributed by atoms with Crippen LogP contribution in [0.4, 0.5) is 0 Å². The van der Waals surface area contributed by atoms with E-state index in [1.807, 2.05) is 20.8 Å². The largest absolute Gasteiger partial charge is 0.481 e. The van der Waals surface area contributed by atoms with Crippen molar-refractivity contribution >= 4 is 38.0 Å². The van der Waals surface area contributed by atoms with Crippen LogP contribution < -0.4 is 0 Å². The molecule has 51 heavy (non-hydrogen) atoms. The summed E-state index contributed by atoms with van der Waals surface area (Å²) in [5.41, 5.74) is 10.4. The highest BCUT2D eigenvalue weighted by molar-refractivity contribution is 7.89. The third-order valence-electron chi connectivity index (χ3n) is 8.87. The number of carboxylic acids is 1. The summed E-state index contributed by atoms with van der Waals surface area (Å²) in [5.74, 6) is -2.08. The molecule has 0 amide bonds. The smallest absolute Gasteiger partial charge is 0.324 e. The van der Waals surface area contributed by atoms with E-state index in [0.717, 1.165) is 15.4 Å². The van der Waals surface area contributed by atoms with E-state index in [1.165, 1.54) is 30.7 Å². The van der Waals surface area contributed by atoms with Gasteiger partial charge in [0, 0.05) is 18.0 Å². The number of hydrogen-bond acceptors (Lipinski definition) is 11. The summed E-state index contributed by atoms with van der Waals surface area (Å²) in [6.07, 6.45) is 1.97. The number of ether oxygens (including phenoxy) is 2. The quantitative estimate of drug-likeness (QED) is 0.172. The summed E-state index contributed by atoms with van der Waals surface area (Å²) in [6.45, 7) is 5.98. The van der Waals surface area contributed by atoms with Crippen LogP contribution in [0.5, 0.6) is 0 Å². The van der Waals surface area contributed by atoms with Crippen molar-refractivity contribution in [1.82, 2.24) is 8.61 Å². The summed E-state index contributed by atoms with van der Waals surface area (Å²) in [4.78, 5) is 36.8. The highest BCUT2D eigenvalue weighted by Crippen LogP contribution is 2.31. The molecule has 0 bridgehead atoms. The Hall–Kier alpha value is -4.06. The standard InChI is InChI=1S/C14H19NO4S.C13H16N4O4S.C6H10O3/c1-10-4-6-12(7-5-10)20(17,18)15-9-11(2)8-13(15)14(16)19-3;1-9-3-5-11(6-4-9)22(19,20)17-8-10(15-16-14)7-12(17)13(18)21-2;7-5-2-1-4(3-5)6(8)9/h4-7,11,13H,8-9H2,1-3H3;3-6,10,12H,7-8H2,1-2H3;4-5,7H,1-3H2,(H,8,9)/t11-,13-;10-,12+;4-,5+/m010/s1. The number of aliphatic hydroxyl groups excluding tert-OH is 1. The van der Waals surface area contributed by atoms with Crippen LogP contribution in [0.25, 0.3) is 10.4 Å². The minimum absolute atomic E-state index is 0.0416. The third kappa shape index (κ3) is 10.5. The molecule has 2 N–H and O–H groups in total. The van der Waals surface area contributed by atoms with Gasteiger partial charge in [-0.05, 0) is 81.7 Å². The summed E-state index contributed by atoms with van der Waals surface area (Å²) in [6, 6.07) is 10.7. The van der Waals surface area contributed by atoms with Gasteiger partial charge in [-0.2, -0.15) is 8.61 Å². The number of sulfonamides is 2. The van der Waals surface area contributed by atoms with Gasteiger partial charge in [0.05, 0.1) is 42.1 Å². The van der Waals surface area contributed by atoms with Crippen molar-refractivity contribution < 1.29 is 50.9 Å². The maximum absolute atomic E-state index is 12.7. The highest BCUT2D eigenvalue weighted by Gasteiger charge is 2.45. The zero-order valence-corrected chi connectivity index (χ0v) is 30.8. The minimum Gasteiger partial charge on any atom is -0.481 e. The summed E-state index contributed by atoms with van der Waals surface area (Å²) < 4.78 is 62.4. The molecule has 3 fully saturated rings. The van der Waals surface area contributed by atoms with Crippen molar-refractivity contribution in [3.63, 3.8) is 0 Å². The summed E-state index contributed by atoms with van der Waals surface area (Å²) in [5, 5.41) is 20.8. The topological polar surface area (TPSA) is 234 Å². The van der Waals surface area contributed by atoms with Gasteiger partial charge in [-0.3, -0.25) is 14.4 Å². The number of aliphatic hydroxyl groups is 1. The van der Waals surface area contributed by atoms with Crippen LogP contribution in [0.2, 0.25) is 0 Å². The van der Waals surface area contributed by atoms with E-state index in [9.17, 15) is 31.2 Å². The van der Waals surface area contributed by atoms with Crippen molar-refractivity contribution in [1.29, 1.82) is 0 Å². The number of nitrogens with zero attached hydrogens (tertiary/aromatic N) is 5. The van der Waals surface area contributed by atoms with Crippen molar-refractivity contribution in [3.8, 4) is 0 Å². The zero-order chi connectivity index (χ0) is 38.1.